The summed E-state index contributed by atoms with van der Waals surface area (Å²) in [4.78, 5) is 21.9. The highest BCUT2D eigenvalue weighted by atomic mass is 16.4. The van der Waals surface area contributed by atoms with E-state index >= 15 is 0 Å². The Morgan fingerprint density at radius 2 is 1.79 bits per heavy atom. The van der Waals surface area contributed by atoms with Crippen LogP contribution in [0.5, 0.6) is 0 Å². The third-order valence-electron chi connectivity index (χ3n) is 2.22. The van der Waals surface area contributed by atoms with Gasteiger partial charge in [0.15, 0.2) is 6.04 Å². The van der Waals surface area contributed by atoms with Crippen LogP contribution in [-0.2, 0) is 4.79 Å². The molecule has 0 radical (unpaired) electrons. The Labute approximate surface area is 79.2 Å². The maximum Gasteiger partial charge on any atom is 0.408 e. The van der Waals surface area contributed by atoms with Crippen molar-refractivity contribution in [2.24, 2.45) is 0 Å². The Kier molecular flexibility index (Phi) is 2.92. The largest absolute Gasteiger partial charge is 0.480 e. The predicted molar refractivity (Wildman–Crippen MR) is 42.8 cm³/mol. The van der Waals surface area contributed by atoms with Crippen LogP contribution >= 0.6 is 0 Å². The van der Waals surface area contributed by atoms with E-state index in [2.05, 4.69) is 0 Å². The number of aliphatic hydroxyl groups is 2. The number of hydrogen-bond donors (Lipinski definition) is 4. The van der Waals surface area contributed by atoms with Crippen molar-refractivity contribution in [3.8, 4) is 0 Å². The first kappa shape index (κ1) is 10.7. The molecule has 0 saturated carbocycles. The highest BCUT2D eigenvalue weighted by Gasteiger charge is 2.43. The molecule has 1 aliphatic heterocycles. The zero-order chi connectivity index (χ0) is 10.9. The molecule has 1 heterocycles. The van der Waals surface area contributed by atoms with E-state index in [1.54, 1.807) is 0 Å². The van der Waals surface area contributed by atoms with Crippen LogP contribution in [-0.4, -0.2) is 62.2 Å². The normalized spacial score (nSPS) is 32.7. The number of carbonyl (C=O) groups is 2. The minimum Gasteiger partial charge on any atom is -0.480 e. The van der Waals surface area contributed by atoms with E-state index in [9.17, 15) is 14.7 Å². The van der Waals surface area contributed by atoms with Gasteiger partial charge in [-0.15, -0.1) is 0 Å². The number of carboxylic acid groups (broad SMARTS) is 2. The molecular weight excluding hydrogens is 194 g/mol. The summed E-state index contributed by atoms with van der Waals surface area (Å²) in [5.41, 5.74) is 0. The highest BCUT2D eigenvalue weighted by Crippen LogP contribution is 2.18. The second kappa shape index (κ2) is 3.81. The van der Waals surface area contributed by atoms with Crippen molar-refractivity contribution in [3.63, 3.8) is 0 Å². The number of amides is 1. The lowest BCUT2D eigenvalue weighted by Crippen LogP contribution is -2.59. The van der Waals surface area contributed by atoms with Crippen molar-refractivity contribution < 1.29 is 30.0 Å². The monoisotopic (exact) mass is 205 g/mol. The van der Waals surface area contributed by atoms with Gasteiger partial charge in [0, 0.05) is 6.54 Å². The molecule has 0 aromatic rings. The van der Waals surface area contributed by atoms with Crippen LogP contribution in [0.3, 0.4) is 0 Å². The SMILES string of the molecule is O=C(O)C1C(O)C(O)CCN1C(=O)O. The molecule has 0 aromatic heterocycles. The molecular formula is C7H11NO6. The number of likely N-dealkylation sites (tertiary alicyclic amines) is 1. The molecule has 1 rings (SSSR count). The minimum absolute atomic E-state index is 0.0389. The second-order valence-corrected chi connectivity index (χ2v) is 3.11. The summed E-state index contributed by atoms with van der Waals surface area (Å²) in [6, 6.07) is -1.59. The summed E-state index contributed by atoms with van der Waals surface area (Å²) in [7, 11) is 0. The zero-order valence-electron chi connectivity index (χ0n) is 7.20. The van der Waals surface area contributed by atoms with E-state index in [1.165, 1.54) is 0 Å². The Morgan fingerprint density at radius 1 is 1.21 bits per heavy atom. The molecule has 3 atom stereocenters. The van der Waals surface area contributed by atoms with Crippen molar-refractivity contribution in [1.82, 2.24) is 4.90 Å². The van der Waals surface area contributed by atoms with Gasteiger partial charge < -0.3 is 20.4 Å². The van der Waals surface area contributed by atoms with Crippen molar-refractivity contribution >= 4 is 12.1 Å². The summed E-state index contributed by atoms with van der Waals surface area (Å²) >= 11 is 0. The third-order valence-corrected chi connectivity index (χ3v) is 2.22. The van der Waals surface area contributed by atoms with Crippen molar-refractivity contribution in [2.75, 3.05) is 6.54 Å². The molecule has 7 nitrogen and oxygen atoms in total. The fourth-order valence-corrected chi connectivity index (χ4v) is 1.47. The van der Waals surface area contributed by atoms with Crippen LogP contribution < -0.4 is 0 Å². The molecule has 80 valence electrons. The van der Waals surface area contributed by atoms with Crippen molar-refractivity contribution in [2.45, 2.75) is 24.7 Å². The Hall–Kier alpha value is -1.34. The van der Waals surface area contributed by atoms with Crippen LogP contribution in [0.15, 0.2) is 0 Å². The van der Waals surface area contributed by atoms with E-state index < -0.39 is 30.3 Å². The molecule has 1 saturated heterocycles. The lowest BCUT2D eigenvalue weighted by Gasteiger charge is -2.37. The van der Waals surface area contributed by atoms with Crippen LogP contribution in [0.2, 0.25) is 0 Å². The molecule has 3 unspecified atom stereocenters. The van der Waals surface area contributed by atoms with Gasteiger partial charge in [-0.1, -0.05) is 0 Å². The molecule has 14 heavy (non-hydrogen) atoms. The van der Waals surface area contributed by atoms with E-state index in [4.69, 9.17) is 15.3 Å². The van der Waals surface area contributed by atoms with E-state index in [0.717, 1.165) is 0 Å². The van der Waals surface area contributed by atoms with Gasteiger partial charge in [0.2, 0.25) is 0 Å². The van der Waals surface area contributed by atoms with Gasteiger partial charge in [-0.3, -0.25) is 4.90 Å². The molecule has 0 aliphatic carbocycles. The van der Waals surface area contributed by atoms with Crippen molar-refractivity contribution in [3.05, 3.63) is 0 Å². The predicted octanol–water partition coefficient (Wildman–Crippen LogP) is -1.45. The number of hydrogen-bond acceptors (Lipinski definition) is 4. The van der Waals surface area contributed by atoms with Gasteiger partial charge in [0.05, 0.1) is 6.10 Å². The maximum atomic E-state index is 10.6. The first-order chi connectivity index (χ1) is 6.45. The second-order valence-electron chi connectivity index (χ2n) is 3.11. The van der Waals surface area contributed by atoms with Crippen LogP contribution in [0, 0.1) is 0 Å². The topological polar surface area (TPSA) is 118 Å². The summed E-state index contributed by atoms with van der Waals surface area (Å²) < 4.78 is 0. The average molecular weight is 205 g/mol. The van der Waals surface area contributed by atoms with Gasteiger partial charge >= 0.3 is 12.1 Å². The van der Waals surface area contributed by atoms with Crippen LogP contribution in [0.25, 0.3) is 0 Å². The number of rotatable bonds is 1. The van der Waals surface area contributed by atoms with E-state index in [0.29, 0.717) is 4.90 Å². The first-order valence-electron chi connectivity index (χ1n) is 4.03. The van der Waals surface area contributed by atoms with Crippen molar-refractivity contribution in [1.29, 1.82) is 0 Å². The average Bonchev–Trinajstić information content (AvgIpc) is 2.08. The van der Waals surface area contributed by atoms with Gasteiger partial charge in [-0.05, 0) is 6.42 Å². The number of aliphatic carboxylic acids is 1. The molecule has 1 fully saturated rings. The van der Waals surface area contributed by atoms with Gasteiger partial charge in [-0.2, -0.15) is 0 Å². The summed E-state index contributed by atoms with van der Waals surface area (Å²) in [6.07, 6.45) is -4.13. The molecule has 7 heteroatoms. The highest BCUT2D eigenvalue weighted by molar-refractivity contribution is 5.80. The fourth-order valence-electron chi connectivity index (χ4n) is 1.47. The van der Waals surface area contributed by atoms with Crippen LogP contribution in [0.4, 0.5) is 4.79 Å². The summed E-state index contributed by atoms with van der Waals surface area (Å²) in [6.45, 7) is -0.0927. The Balaban J connectivity index is 2.87. The number of aliphatic hydroxyl groups excluding tert-OH is 2. The Bertz CT molecular complexity index is 255. The lowest BCUT2D eigenvalue weighted by molar-refractivity contribution is -0.155. The third kappa shape index (κ3) is 1.78. The molecule has 0 aromatic carbocycles. The summed E-state index contributed by atoms with van der Waals surface area (Å²) in [5, 5.41) is 35.8. The standard InChI is InChI=1S/C7H11NO6/c9-3-1-2-8(7(13)14)4(5(3)10)6(11)12/h3-5,9-10H,1-2H2,(H,11,12)(H,13,14). The number of carboxylic acids is 1. The van der Waals surface area contributed by atoms with Gasteiger partial charge in [0.1, 0.15) is 6.10 Å². The number of piperidine rings is 1. The molecule has 1 amide bonds. The zero-order valence-corrected chi connectivity index (χ0v) is 7.20. The van der Waals surface area contributed by atoms with Gasteiger partial charge in [-0.25, -0.2) is 9.59 Å². The number of nitrogens with zero attached hydrogens (tertiary/aromatic N) is 1. The summed E-state index contributed by atoms with van der Waals surface area (Å²) in [5.74, 6) is -1.46. The molecule has 1 aliphatic rings. The fraction of sp³-hybridized carbons (Fsp3) is 0.714. The molecule has 0 spiro atoms. The quantitative estimate of drug-likeness (QED) is 0.415. The lowest BCUT2D eigenvalue weighted by atomic mass is 9.96. The van der Waals surface area contributed by atoms with Crippen LogP contribution in [0.1, 0.15) is 6.42 Å². The first-order valence-corrected chi connectivity index (χ1v) is 4.03. The maximum absolute atomic E-state index is 10.6. The van der Waals surface area contributed by atoms with E-state index in [1.807, 2.05) is 0 Å². The Morgan fingerprint density at radius 3 is 2.21 bits per heavy atom. The smallest absolute Gasteiger partial charge is 0.408 e. The molecule has 4 N–H and O–H groups in total. The van der Waals surface area contributed by atoms with Gasteiger partial charge in [0.25, 0.3) is 0 Å². The van der Waals surface area contributed by atoms with E-state index in [-0.39, 0.29) is 13.0 Å². The minimum atomic E-state index is -1.59. The molecule has 0 bridgehead atoms.